The van der Waals surface area contributed by atoms with Gasteiger partial charge in [0.1, 0.15) is 0 Å². The normalized spacial score (nSPS) is 11.8. The summed E-state index contributed by atoms with van der Waals surface area (Å²) in [5, 5.41) is 25.4. The van der Waals surface area contributed by atoms with E-state index in [0.29, 0.717) is 5.82 Å². The van der Waals surface area contributed by atoms with Gasteiger partial charge in [-0.25, -0.2) is 34.9 Å². The summed E-state index contributed by atoms with van der Waals surface area (Å²) in [6.45, 7) is 0. The summed E-state index contributed by atoms with van der Waals surface area (Å²) in [5.74, 6) is 1.46. The van der Waals surface area contributed by atoms with Gasteiger partial charge in [-0.2, -0.15) is 0 Å². The van der Waals surface area contributed by atoms with E-state index in [1.54, 1.807) is 0 Å². The van der Waals surface area contributed by atoms with E-state index in [0.717, 1.165) is 122 Å². The lowest BCUT2D eigenvalue weighted by molar-refractivity contribution is 1.18. The average Bonchev–Trinajstić information content (AvgIpc) is 1.39. The molecule has 26 rings (SSSR count). The summed E-state index contributed by atoms with van der Waals surface area (Å²) in [4.78, 5) is 36.4. The van der Waals surface area contributed by atoms with Gasteiger partial charge < -0.3 is 0 Å². The number of para-hydroxylation sites is 1. The molecule has 0 atom stereocenters. The molecule has 17 aromatic carbocycles. The van der Waals surface area contributed by atoms with E-state index in [1.165, 1.54) is 118 Å². The van der Waals surface area contributed by atoms with Crippen molar-refractivity contribution in [2.75, 3.05) is 0 Å². The molecule has 9 heterocycles. The van der Waals surface area contributed by atoms with Crippen LogP contribution in [0.4, 0.5) is 0 Å². The first kappa shape index (κ1) is 69.6. The van der Waals surface area contributed by atoms with Crippen molar-refractivity contribution in [3.8, 4) is 79.2 Å². The molecule has 11 heteroatoms. The van der Waals surface area contributed by atoms with Crippen molar-refractivity contribution < 1.29 is 0 Å². The van der Waals surface area contributed by atoms with E-state index in [4.69, 9.17) is 34.9 Å². The molecule has 9 aromatic heterocycles. The molecule has 0 amide bonds. The molecular weight excluding hydrogens is 1540 g/mol. The number of hydrogen-bond acceptors (Lipinski definition) is 11. The van der Waals surface area contributed by atoms with Crippen molar-refractivity contribution in [1.82, 2.24) is 34.9 Å². The highest BCUT2D eigenvalue weighted by Gasteiger charge is 2.23. The average molecular weight is 1600 g/mol. The van der Waals surface area contributed by atoms with Gasteiger partial charge in [0.2, 0.25) is 0 Å². The zero-order chi connectivity index (χ0) is 78.9. The van der Waals surface area contributed by atoms with Crippen LogP contribution in [0.2, 0.25) is 0 Å². The Balaban J connectivity index is 0.000000103. The predicted octanol–water partition coefficient (Wildman–Crippen LogP) is 31.2. The molecule has 0 aliphatic heterocycles. The number of benzene rings is 17. The summed E-state index contributed by atoms with van der Waals surface area (Å²) in [5.41, 5.74) is 14.7. The van der Waals surface area contributed by atoms with E-state index >= 15 is 0 Å². The number of fused-ring (bicyclic) bond motifs is 23. The van der Waals surface area contributed by atoms with Crippen LogP contribution in [-0.4, -0.2) is 34.9 Å². The Bertz CT molecular complexity index is 8700. The maximum atomic E-state index is 5.37. The Morgan fingerprint density at radius 2 is 0.575 bits per heavy atom. The molecule has 0 bridgehead atoms. The molecule has 0 saturated heterocycles. The van der Waals surface area contributed by atoms with Gasteiger partial charge in [0.25, 0.3) is 0 Å². The highest BCUT2D eigenvalue weighted by molar-refractivity contribution is 7.27. The van der Waals surface area contributed by atoms with E-state index < -0.39 is 0 Å². The van der Waals surface area contributed by atoms with Crippen LogP contribution in [0.15, 0.2) is 382 Å². The molecule has 558 valence electrons. The fourth-order valence-corrected chi connectivity index (χ4v) is 22.3. The summed E-state index contributed by atoms with van der Waals surface area (Å²) in [6.07, 6.45) is 1.94. The van der Waals surface area contributed by atoms with E-state index in [9.17, 15) is 0 Å². The Labute approximate surface area is 703 Å². The number of pyridine rings is 3. The molecule has 0 aliphatic rings. The molecule has 0 aliphatic carbocycles. The van der Waals surface area contributed by atoms with Crippen LogP contribution in [0, 0.1) is 0 Å². The molecule has 0 fully saturated rings. The van der Waals surface area contributed by atoms with Crippen LogP contribution >= 0.6 is 45.3 Å². The quantitative estimate of drug-likeness (QED) is 0.147. The first-order chi connectivity index (χ1) is 59.4. The first-order valence-corrected chi connectivity index (χ1v) is 43.4. The predicted molar refractivity (Wildman–Crippen MR) is 514 cm³/mol. The van der Waals surface area contributed by atoms with Crippen LogP contribution < -0.4 is 0 Å². The second-order valence-electron chi connectivity index (χ2n) is 30.4. The third-order valence-corrected chi connectivity index (χ3v) is 28.0. The van der Waals surface area contributed by atoms with Crippen molar-refractivity contribution in [3.63, 3.8) is 0 Å². The van der Waals surface area contributed by atoms with Gasteiger partial charge in [-0.15, -0.1) is 45.3 Å². The topological polar surface area (TPSA) is 90.2 Å². The van der Waals surface area contributed by atoms with Crippen LogP contribution in [0.1, 0.15) is 0 Å². The van der Waals surface area contributed by atoms with Gasteiger partial charge >= 0.3 is 0 Å². The Kier molecular flexibility index (Phi) is 16.6. The van der Waals surface area contributed by atoms with Gasteiger partial charge in [0.05, 0.1) is 50.7 Å². The van der Waals surface area contributed by atoms with Crippen LogP contribution in [0.3, 0.4) is 0 Å². The lowest BCUT2D eigenvalue weighted by Gasteiger charge is -2.14. The summed E-state index contributed by atoms with van der Waals surface area (Å²) in [7, 11) is 0. The molecule has 0 saturated carbocycles. The van der Waals surface area contributed by atoms with E-state index in [-0.39, 0.29) is 0 Å². The summed E-state index contributed by atoms with van der Waals surface area (Å²) in [6, 6.07) is 133. The fourth-order valence-electron chi connectivity index (χ4n) is 17.8. The van der Waals surface area contributed by atoms with Gasteiger partial charge in [-0.3, -0.25) is 0 Å². The lowest BCUT2D eigenvalue weighted by Crippen LogP contribution is -1.98. The van der Waals surface area contributed by atoms with Crippen molar-refractivity contribution in [1.29, 1.82) is 0 Å². The second-order valence-corrected chi connectivity index (χ2v) is 34.8. The molecule has 26 aromatic rings. The maximum Gasteiger partial charge on any atom is 0.161 e. The van der Waals surface area contributed by atoms with E-state index in [1.807, 2.05) is 106 Å². The van der Waals surface area contributed by atoms with Crippen molar-refractivity contribution in [2.24, 2.45) is 0 Å². The first-order valence-electron chi connectivity index (χ1n) is 40.1. The standard InChI is InChI=1S/C40H22N2S2.C35H21N3S.C34H20N2S/c1-2-10-26-25(9-1)30-22-38-32(28-12-5-8-16-36(28)44-38)20-24(30)21-33(26)40-41-34-14-6-3-13-29(34)39(42-40)23-17-18-37-31(19-23)27-11-4-7-15-35(27)43-37;1-3-11-22(12-4-1)33-29(21-36-35(38-33)23-13-5-2-6-14-23)34-26-17-8-7-15-24(26)27-20-32-28(19-30(27)37-34)25-16-9-10-18-31(25)39-32;1-2-10-21(11-3-1)33-23-13-5-4-12-22(23)18-30(36-33)34-26-16-7-6-14-24(26)27-20-32-28(19-29(27)35-34)25-15-8-9-17-31(25)37-32/h1-22H;1-21H;1-20H. The Morgan fingerprint density at radius 1 is 0.167 bits per heavy atom. The molecule has 0 radical (unpaired) electrons. The second kappa shape index (κ2) is 28.6. The number of hydrogen-bond donors (Lipinski definition) is 0. The van der Waals surface area contributed by atoms with Crippen molar-refractivity contribution in [2.45, 2.75) is 0 Å². The summed E-state index contributed by atoms with van der Waals surface area (Å²) < 4.78 is 10.4. The number of rotatable bonds is 7. The molecule has 0 spiro atoms. The minimum absolute atomic E-state index is 0.703. The molecule has 120 heavy (non-hydrogen) atoms. The van der Waals surface area contributed by atoms with Gasteiger partial charge in [0.15, 0.2) is 11.6 Å². The van der Waals surface area contributed by atoms with Crippen LogP contribution in [0.5, 0.6) is 0 Å². The molecule has 0 N–H and O–H groups in total. The Hall–Kier alpha value is -14.7. The Morgan fingerprint density at radius 3 is 1.16 bits per heavy atom. The van der Waals surface area contributed by atoms with E-state index in [2.05, 4.69) is 322 Å². The molecule has 7 nitrogen and oxygen atoms in total. The molecule has 0 unspecified atom stereocenters. The number of nitrogens with zero attached hydrogens (tertiary/aromatic N) is 7. The third-order valence-electron chi connectivity index (χ3n) is 23.4. The van der Waals surface area contributed by atoms with Crippen molar-refractivity contribution >= 4 is 213 Å². The minimum atomic E-state index is 0.703. The fraction of sp³-hybridized carbons (Fsp3) is 0. The van der Waals surface area contributed by atoms with Gasteiger partial charge in [-0.1, -0.05) is 285 Å². The minimum Gasteiger partial charge on any atom is -0.247 e. The SMILES string of the molecule is c1ccc(-c2nc(-c3nc4cc5c(cc4c4ccccc34)sc3ccccc35)cc3ccccc23)cc1.c1ccc(-c2ncc(-c3nc4cc5c(cc4c4ccccc34)sc3ccccc35)c(-c3ccccc3)n2)cc1.c1ccc2c(-c3ccc4sc5ccccc5c4c3)nc(-c3cc4cc5c(cc4c4ccccc34)sc3ccccc35)nc2c1. The van der Waals surface area contributed by atoms with Crippen LogP contribution in [0.25, 0.3) is 246 Å². The third kappa shape index (κ3) is 11.8. The smallest absolute Gasteiger partial charge is 0.161 e. The van der Waals surface area contributed by atoms with Gasteiger partial charge in [0, 0.05) is 153 Å². The molecular formula is C109H63N7S4. The number of aromatic nitrogens is 7. The van der Waals surface area contributed by atoms with Gasteiger partial charge in [-0.05, 0) is 129 Å². The lowest BCUT2D eigenvalue weighted by atomic mass is 9.95. The highest BCUT2D eigenvalue weighted by atomic mass is 32.1. The zero-order valence-electron chi connectivity index (χ0n) is 64.1. The summed E-state index contributed by atoms with van der Waals surface area (Å²) >= 11 is 7.39. The highest BCUT2D eigenvalue weighted by Crippen LogP contribution is 2.47. The maximum absolute atomic E-state index is 5.37. The monoisotopic (exact) mass is 1600 g/mol. The number of thiophene rings is 4. The largest absolute Gasteiger partial charge is 0.247 e. The van der Waals surface area contributed by atoms with Crippen LogP contribution in [-0.2, 0) is 0 Å². The zero-order valence-corrected chi connectivity index (χ0v) is 67.4. The van der Waals surface area contributed by atoms with Crippen molar-refractivity contribution in [3.05, 3.63) is 382 Å².